The van der Waals surface area contributed by atoms with Crippen LogP contribution in [0.4, 0.5) is 0 Å². The summed E-state index contributed by atoms with van der Waals surface area (Å²) in [6.45, 7) is 3.99. The first kappa shape index (κ1) is 16.2. The second kappa shape index (κ2) is 6.45. The number of hydrogen-bond donors (Lipinski definition) is 1. The summed E-state index contributed by atoms with van der Waals surface area (Å²) in [6, 6.07) is 13.1. The summed E-state index contributed by atoms with van der Waals surface area (Å²) >= 11 is 0. The Morgan fingerprint density at radius 2 is 1.88 bits per heavy atom. The molecule has 0 aliphatic heterocycles. The number of rotatable bonds is 4. The number of nitrogens with one attached hydrogen (secondary N) is 1. The van der Waals surface area contributed by atoms with Crippen molar-refractivity contribution in [2.45, 2.75) is 19.9 Å². The van der Waals surface area contributed by atoms with Crippen LogP contribution in [-0.2, 0) is 0 Å². The Labute approximate surface area is 140 Å². The molecule has 2 aromatic carbocycles. The molecule has 0 aliphatic rings. The Morgan fingerprint density at radius 3 is 2.50 bits per heavy atom. The summed E-state index contributed by atoms with van der Waals surface area (Å²) in [5.41, 5.74) is 2.51. The number of fused-ring (bicyclic) bond motifs is 1. The number of aryl methyl sites for hydroxylation is 1. The highest BCUT2D eigenvalue weighted by Crippen LogP contribution is 2.20. The van der Waals surface area contributed by atoms with E-state index in [0.29, 0.717) is 11.2 Å². The predicted octanol–water partition coefficient (Wildman–Crippen LogP) is 2.98. The second-order valence-corrected chi connectivity index (χ2v) is 5.84. The van der Waals surface area contributed by atoms with Gasteiger partial charge in [0.1, 0.15) is 11.6 Å². The van der Waals surface area contributed by atoms with Crippen LogP contribution < -0.4 is 15.6 Å². The first-order chi connectivity index (χ1) is 11.5. The average molecular weight is 323 g/mol. The van der Waals surface area contributed by atoms with E-state index in [0.717, 1.165) is 22.5 Å². The van der Waals surface area contributed by atoms with Crippen molar-refractivity contribution in [3.8, 4) is 11.4 Å². The highest BCUT2D eigenvalue weighted by atomic mass is 16.5. The molecule has 0 amide bonds. The van der Waals surface area contributed by atoms with Gasteiger partial charge in [0.2, 0.25) is 0 Å². The van der Waals surface area contributed by atoms with E-state index in [4.69, 9.17) is 9.72 Å². The molecular formula is C19H21N3O2. The first-order valence-corrected chi connectivity index (χ1v) is 7.90. The van der Waals surface area contributed by atoms with Crippen LogP contribution in [0.2, 0.25) is 0 Å². The smallest absolute Gasteiger partial charge is 0.266 e. The molecule has 3 rings (SSSR count). The number of nitrogens with zero attached hydrogens (tertiary/aromatic N) is 2. The van der Waals surface area contributed by atoms with Gasteiger partial charge in [-0.2, -0.15) is 0 Å². The van der Waals surface area contributed by atoms with Crippen molar-refractivity contribution >= 4 is 10.9 Å². The molecule has 124 valence electrons. The van der Waals surface area contributed by atoms with Crippen LogP contribution >= 0.6 is 0 Å². The third-order valence-electron chi connectivity index (χ3n) is 4.20. The monoisotopic (exact) mass is 323 g/mol. The largest absolute Gasteiger partial charge is 0.497 e. The minimum atomic E-state index is -0.0673. The van der Waals surface area contributed by atoms with Crippen molar-refractivity contribution in [1.82, 2.24) is 14.9 Å². The lowest BCUT2D eigenvalue weighted by atomic mass is 10.1. The molecule has 1 aromatic heterocycles. The summed E-state index contributed by atoms with van der Waals surface area (Å²) in [4.78, 5) is 17.9. The van der Waals surface area contributed by atoms with Gasteiger partial charge in [-0.25, -0.2) is 4.98 Å². The summed E-state index contributed by atoms with van der Waals surface area (Å²) in [7, 11) is 3.48. The third-order valence-corrected chi connectivity index (χ3v) is 4.20. The molecule has 1 heterocycles. The molecular weight excluding hydrogens is 302 g/mol. The van der Waals surface area contributed by atoms with Crippen LogP contribution in [0.5, 0.6) is 5.75 Å². The minimum Gasteiger partial charge on any atom is -0.497 e. The Kier molecular flexibility index (Phi) is 4.36. The van der Waals surface area contributed by atoms with Crippen LogP contribution in [0.25, 0.3) is 16.6 Å². The molecule has 0 fully saturated rings. The zero-order chi connectivity index (χ0) is 17.3. The lowest BCUT2D eigenvalue weighted by Crippen LogP contribution is -2.28. The highest BCUT2D eigenvalue weighted by molar-refractivity contribution is 5.78. The van der Waals surface area contributed by atoms with Gasteiger partial charge in [0.05, 0.1) is 29.7 Å². The first-order valence-electron chi connectivity index (χ1n) is 7.90. The standard InChI is InChI=1S/C19H21N3O2/c1-12-5-10-16-17(11-12)21-18(13(2)20-3)22(19(16)23)14-6-8-15(24-4)9-7-14/h5-11,13,20H,1-4H3. The molecule has 0 saturated heterocycles. The Bertz CT molecular complexity index is 930. The zero-order valence-corrected chi connectivity index (χ0v) is 14.3. The van der Waals surface area contributed by atoms with Crippen LogP contribution in [-0.4, -0.2) is 23.7 Å². The molecule has 5 nitrogen and oxygen atoms in total. The summed E-state index contributed by atoms with van der Waals surface area (Å²) in [6.07, 6.45) is 0. The van der Waals surface area contributed by atoms with Crippen molar-refractivity contribution in [3.05, 3.63) is 64.2 Å². The van der Waals surface area contributed by atoms with Crippen LogP contribution in [0.1, 0.15) is 24.4 Å². The quantitative estimate of drug-likeness (QED) is 0.802. The van der Waals surface area contributed by atoms with E-state index >= 15 is 0 Å². The van der Waals surface area contributed by atoms with Crippen LogP contribution in [0, 0.1) is 6.92 Å². The predicted molar refractivity (Wildman–Crippen MR) is 96.1 cm³/mol. The molecule has 0 saturated carbocycles. The van der Waals surface area contributed by atoms with E-state index in [9.17, 15) is 4.79 Å². The molecule has 3 aromatic rings. The van der Waals surface area contributed by atoms with E-state index < -0.39 is 0 Å². The van der Waals surface area contributed by atoms with E-state index in [1.807, 2.05) is 63.4 Å². The van der Waals surface area contributed by atoms with E-state index in [-0.39, 0.29) is 11.6 Å². The second-order valence-electron chi connectivity index (χ2n) is 5.84. The summed E-state index contributed by atoms with van der Waals surface area (Å²) in [5, 5.41) is 3.79. The fraction of sp³-hybridized carbons (Fsp3) is 0.263. The van der Waals surface area contributed by atoms with Gasteiger partial charge >= 0.3 is 0 Å². The Balaban J connectivity index is 2.32. The van der Waals surface area contributed by atoms with Gasteiger partial charge in [0.25, 0.3) is 5.56 Å². The lowest BCUT2D eigenvalue weighted by molar-refractivity contribution is 0.414. The molecule has 0 radical (unpaired) electrons. The van der Waals surface area contributed by atoms with E-state index in [2.05, 4.69) is 5.32 Å². The molecule has 0 aliphatic carbocycles. The van der Waals surface area contributed by atoms with Gasteiger partial charge in [-0.1, -0.05) is 6.07 Å². The van der Waals surface area contributed by atoms with Crippen molar-refractivity contribution in [1.29, 1.82) is 0 Å². The van der Waals surface area contributed by atoms with E-state index in [1.165, 1.54) is 0 Å². The molecule has 1 N–H and O–H groups in total. The molecule has 1 atom stereocenters. The maximum atomic E-state index is 13.1. The van der Waals surface area contributed by atoms with Gasteiger partial charge in [-0.15, -0.1) is 0 Å². The number of aromatic nitrogens is 2. The zero-order valence-electron chi connectivity index (χ0n) is 14.3. The SMILES string of the molecule is CNC(C)c1nc2cc(C)ccc2c(=O)n1-c1ccc(OC)cc1. The van der Waals surface area contributed by atoms with Gasteiger partial charge in [0.15, 0.2) is 0 Å². The van der Waals surface area contributed by atoms with Gasteiger partial charge < -0.3 is 10.1 Å². The van der Waals surface area contributed by atoms with Crippen LogP contribution in [0.3, 0.4) is 0 Å². The molecule has 0 spiro atoms. The Hall–Kier alpha value is -2.66. The maximum absolute atomic E-state index is 13.1. The minimum absolute atomic E-state index is 0.0651. The number of benzene rings is 2. The van der Waals surface area contributed by atoms with Gasteiger partial charge in [0, 0.05) is 0 Å². The highest BCUT2D eigenvalue weighted by Gasteiger charge is 2.17. The molecule has 24 heavy (non-hydrogen) atoms. The van der Waals surface area contributed by atoms with Gasteiger partial charge in [-0.05, 0) is 62.9 Å². The third kappa shape index (κ3) is 2.78. The van der Waals surface area contributed by atoms with Crippen molar-refractivity contribution in [2.24, 2.45) is 0 Å². The number of hydrogen-bond acceptors (Lipinski definition) is 4. The van der Waals surface area contributed by atoms with Crippen molar-refractivity contribution in [2.75, 3.05) is 14.2 Å². The van der Waals surface area contributed by atoms with Crippen molar-refractivity contribution in [3.63, 3.8) is 0 Å². The number of ether oxygens (including phenoxy) is 1. The molecule has 1 unspecified atom stereocenters. The molecule has 5 heteroatoms. The van der Waals surface area contributed by atoms with Gasteiger partial charge in [-0.3, -0.25) is 9.36 Å². The van der Waals surface area contributed by atoms with E-state index in [1.54, 1.807) is 11.7 Å². The van der Waals surface area contributed by atoms with Crippen LogP contribution in [0.15, 0.2) is 47.3 Å². The summed E-state index contributed by atoms with van der Waals surface area (Å²) < 4.78 is 6.87. The number of methoxy groups -OCH3 is 1. The summed E-state index contributed by atoms with van der Waals surface area (Å²) in [5.74, 6) is 1.44. The molecule has 0 bridgehead atoms. The van der Waals surface area contributed by atoms with Crippen molar-refractivity contribution < 1.29 is 4.74 Å². The maximum Gasteiger partial charge on any atom is 0.266 e. The Morgan fingerprint density at radius 1 is 1.17 bits per heavy atom. The normalized spacial score (nSPS) is 12.3. The fourth-order valence-electron chi connectivity index (χ4n) is 2.71. The topological polar surface area (TPSA) is 56.2 Å². The lowest BCUT2D eigenvalue weighted by Gasteiger charge is -2.18. The average Bonchev–Trinajstić information content (AvgIpc) is 2.60. The fourth-order valence-corrected chi connectivity index (χ4v) is 2.71.